The molecule has 0 bridgehead atoms. The van der Waals surface area contributed by atoms with Crippen LogP contribution in [0, 0.1) is 5.92 Å². The van der Waals surface area contributed by atoms with Crippen LogP contribution in [0.1, 0.15) is 13.8 Å². The first-order valence-corrected chi connectivity index (χ1v) is 4.98. The first-order chi connectivity index (χ1) is 6.99. The van der Waals surface area contributed by atoms with E-state index < -0.39 is 5.97 Å². The standard InChI is InChI=1S/C12H19NO2/c1-5-13-8-11(4)9(2)6-7-10(3)12(14)15/h6-7,11,13H,2-3,5,8H2,1,4H3,(H,14,15)/b7-6-. The molecule has 0 saturated heterocycles. The Kier molecular flexibility index (Phi) is 6.38. The van der Waals surface area contributed by atoms with Gasteiger partial charge in [-0.25, -0.2) is 4.79 Å². The first kappa shape index (κ1) is 13.7. The summed E-state index contributed by atoms with van der Waals surface area (Å²) in [6, 6.07) is 0. The van der Waals surface area contributed by atoms with E-state index in [-0.39, 0.29) is 5.57 Å². The molecule has 84 valence electrons. The minimum Gasteiger partial charge on any atom is -0.478 e. The molecular weight excluding hydrogens is 190 g/mol. The van der Waals surface area contributed by atoms with Crippen LogP contribution in [0.5, 0.6) is 0 Å². The smallest absolute Gasteiger partial charge is 0.335 e. The second kappa shape index (κ2) is 7.01. The van der Waals surface area contributed by atoms with Gasteiger partial charge in [0.25, 0.3) is 0 Å². The van der Waals surface area contributed by atoms with Crippen molar-refractivity contribution < 1.29 is 9.90 Å². The van der Waals surface area contributed by atoms with Gasteiger partial charge in [0.15, 0.2) is 0 Å². The van der Waals surface area contributed by atoms with Crippen LogP contribution in [0.2, 0.25) is 0 Å². The molecule has 0 aliphatic rings. The number of carbonyl (C=O) groups is 1. The van der Waals surface area contributed by atoms with Crippen molar-refractivity contribution in [2.45, 2.75) is 13.8 Å². The Morgan fingerprint density at radius 2 is 2.07 bits per heavy atom. The van der Waals surface area contributed by atoms with Crippen molar-refractivity contribution in [1.82, 2.24) is 5.32 Å². The van der Waals surface area contributed by atoms with Gasteiger partial charge < -0.3 is 10.4 Å². The quantitative estimate of drug-likeness (QED) is 0.498. The Balaban J connectivity index is 4.12. The highest BCUT2D eigenvalue weighted by atomic mass is 16.4. The fraction of sp³-hybridized carbons (Fsp3) is 0.417. The number of allylic oxidation sites excluding steroid dienone is 1. The Morgan fingerprint density at radius 1 is 1.47 bits per heavy atom. The van der Waals surface area contributed by atoms with Crippen LogP contribution in [0.3, 0.4) is 0 Å². The highest BCUT2D eigenvalue weighted by Crippen LogP contribution is 2.09. The molecule has 0 aliphatic carbocycles. The Bertz CT molecular complexity index is 279. The zero-order chi connectivity index (χ0) is 11.8. The molecule has 15 heavy (non-hydrogen) atoms. The second-order valence-electron chi connectivity index (χ2n) is 3.45. The summed E-state index contributed by atoms with van der Waals surface area (Å²) in [4.78, 5) is 10.5. The van der Waals surface area contributed by atoms with E-state index in [4.69, 9.17) is 5.11 Å². The molecule has 0 saturated carbocycles. The Morgan fingerprint density at radius 3 is 2.53 bits per heavy atom. The van der Waals surface area contributed by atoms with E-state index in [0.717, 1.165) is 18.7 Å². The van der Waals surface area contributed by atoms with Crippen LogP contribution in [0.4, 0.5) is 0 Å². The average molecular weight is 209 g/mol. The summed E-state index contributed by atoms with van der Waals surface area (Å²) in [7, 11) is 0. The normalized spacial score (nSPS) is 12.7. The second-order valence-corrected chi connectivity index (χ2v) is 3.45. The number of hydrogen-bond donors (Lipinski definition) is 2. The van der Waals surface area contributed by atoms with Crippen molar-refractivity contribution in [2.24, 2.45) is 5.92 Å². The third-order valence-corrected chi connectivity index (χ3v) is 2.11. The summed E-state index contributed by atoms with van der Waals surface area (Å²) >= 11 is 0. The summed E-state index contributed by atoms with van der Waals surface area (Å²) in [5.74, 6) is -0.707. The minimum absolute atomic E-state index is 0.0757. The third-order valence-electron chi connectivity index (χ3n) is 2.11. The molecule has 0 radical (unpaired) electrons. The highest BCUT2D eigenvalue weighted by molar-refractivity contribution is 5.89. The molecule has 0 aromatic carbocycles. The molecule has 3 heteroatoms. The van der Waals surface area contributed by atoms with E-state index in [1.54, 1.807) is 6.08 Å². The Hall–Kier alpha value is -1.35. The lowest BCUT2D eigenvalue weighted by Crippen LogP contribution is -2.21. The predicted octanol–water partition coefficient (Wildman–Crippen LogP) is 1.99. The van der Waals surface area contributed by atoms with Gasteiger partial charge in [-0.05, 0) is 18.5 Å². The topological polar surface area (TPSA) is 49.3 Å². The zero-order valence-electron chi connectivity index (χ0n) is 9.42. The van der Waals surface area contributed by atoms with Crippen LogP contribution in [-0.2, 0) is 4.79 Å². The fourth-order valence-electron chi connectivity index (χ4n) is 0.935. The van der Waals surface area contributed by atoms with Crippen molar-refractivity contribution in [1.29, 1.82) is 0 Å². The molecule has 2 N–H and O–H groups in total. The van der Waals surface area contributed by atoms with Crippen LogP contribution in [0.25, 0.3) is 0 Å². The molecule has 1 unspecified atom stereocenters. The number of carboxylic acid groups (broad SMARTS) is 1. The zero-order valence-corrected chi connectivity index (χ0v) is 9.42. The third kappa shape index (κ3) is 5.86. The lowest BCUT2D eigenvalue weighted by molar-refractivity contribution is -0.132. The maximum absolute atomic E-state index is 10.5. The summed E-state index contributed by atoms with van der Waals surface area (Å²) < 4.78 is 0. The maximum atomic E-state index is 10.5. The molecule has 0 aliphatic heterocycles. The minimum atomic E-state index is -1.00. The summed E-state index contributed by atoms with van der Waals surface area (Å²) in [5.41, 5.74) is 0.977. The van der Waals surface area contributed by atoms with Gasteiger partial charge in [0.05, 0.1) is 5.57 Å². The number of nitrogens with one attached hydrogen (secondary N) is 1. The lowest BCUT2D eigenvalue weighted by Gasteiger charge is -2.11. The average Bonchev–Trinajstić information content (AvgIpc) is 2.21. The molecule has 0 rings (SSSR count). The molecule has 0 amide bonds. The summed E-state index contributed by atoms with van der Waals surface area (Å²) in [6.45, 7) is 13.1. The predicted molar refractivity (Wildman–Crippen MR) is 62.8 cm³/mol. The van der Waals surface area contributed by atoms with E-state index in [0.29, 0.717) is 5.92 Å². The van der Waals surface area contributed by atoms with Crippen molar-refractivity contribution >= 4 is 5.97 Å². The monoisotopic (exact) mass is 209 g/mol. The lowest BCUT2D eigenvalue weighted by atomic mass is 10.0. The van der Waals surface area contributed by atoms with Gasteiger partial charge in [-0.2, -0.15) is 0 Å². The van der Waals surface area contributed by atoms with Crippen LogP contribution in [-0.4, -0.2) is 24.2 Å². The van der Waals surface area contributed by atoms with Crippen molar-refractivity contribution in [3.8, 4) is 0 Å². The van der Waals surface area contributed by atoms with Gasteiger partial charge in [0.1, 0.15) is 0 Å². The van der Waals surface area contributed by atoms with E-state index in [9.17, 15) is 4.79 Å². The number of carboxylic acids is 1. The van der Waals surface area contributed by atoms with Gasteiger partial charge in [-0.3, -0.25) is 0 Å². The van der Waals surface area contributed by atoms with Crippen LogP contribution in [0.15, 0.2) is 36.5 Å². The van der Waals surface area contributed by atoms with Crippen molar-refractivity contribution in [3.05, 3.63) is 36.5 Å². The molecule has 3 nitrogen and oxygen atoms in total. The van der Waals surface area contributed by atoms with Gasteiger partial charge >= 0.3 is 5.97 Å². The molecule has 0 spiro atoms. The molecular formula is C12H19NO2. The van der Waals surface area contributed by atoms with E-state index in [2.05, 4.69) is 18.5 Å². The molecule has 0 fully saturated rings. The first-order valence-electron chi connectivity index (χ1n) is 4.98. The van der Waals surface area contributed by atoms with E-state index in [1.165, 1.54) is 6.08 Å². The molecule has 0 heterocycles. The fourth-order valence-corrected chi connectivity index (χ4v) is 0.935. The number of aliphatic carboxylic acids is 1. The van der Waals surface area contributed by atoms with Gasteiger partial charge in [-0.1, -0.05) is 38.7 Å². The highest BCUT2D eigenvalue weighted by Gasteiger charge is 2.03. The molecule has 0 aromatic rings. The summed E-state index contributed by atoms with van der Waals surface area (Å²) in [6.07, 6.45) is 3.19. The SMILES string of the molecule is C=C(/C=C\C(=C)C(C)CNCC)C(=O)O. The van der Waals surface area contributed by atoms with Crippen LogP contribution < -0.4 is 5.32 Å². The van der Waals surface area contributed by atoms with Gasteiger partial charge in [0, 0.05) is 6.54 Å². The number of hydrogen-bond acceptors (Lipinski definition) is 2. The molecule has 1 atom stereocenters. The van der Waals surface area contributed by atoms with Crippen molar-refractivity contribution in [2.75, 3.05) is 13.1 Å². The number of rotatable bonds is 7. The van der Waals surface area contributed by atoms with Crippen LogP contribution >= 0.6 is 0 Å². The summed E-state index contributed by atoms with van der Waals surface area (Å²) in [5, 5.41) is 11.8. The van der Waals surface area contributed by atoms with Crippen molar-refractivity contribution in [3.63, 3.8) is 0 Å². The van der Waals surface area contributed by atoms with Gasteiger partial charge in [-0.15, -0.1) is 0 Å². The van der Waals surface area contributed by atoms with E-state index >= 15 is 0 Å². The van der Waals surface area contributed by atoms with Gasteiger partial charge in [0.2, 0.25) is 0 Å². The molecule has 0 aromatic heterocycles. The maximum Gasteiger partial charge on any atom is 0.335 e. The largest absolute Gasteiger partial charge is 0.478 e. The Labute approximate surface area is 91.2 Å². The van der Waals surface area contributed by atoms with E-state index in [1.807, 2.05) is 13.8 Å².